The molecule has 0 atom stereocenters. The summed E-state index contributed by atoms with van der Waals surface area (Å²) in [6.45, 7) is 11.3. The zero-order valence-corrected chi connectivity index (χ0v) is 66.9. The minimum Gasteiger partial charge on any atom is -0.481 e. The van der Waals surface area contributed by atoms with Gasteiger partial charge in [0.2, 0.25) is 59.1 Å². The zero-order chi connectivity index (χ0) is 92.8. The Morgan fingerprint density at radius 2 is 0.508 bits per heavy atom. The van der Waals surface area contributed by atoms with E-state index < -0.39 is 210 Å². The van der Waals surface area contributed by atoms with Gasteiger partial charge in [0.15, 0.2) is 0 Å². The van der Waals surface area contributed by atoms with E-state index in [1.165, 1.54) is 100 Å². The van der Waals surface area contributed by atoms with Crippen LogP contribution in [0.1, 0.15) is 55.4 Å². The average Bonchev–Trinajstić information content (AvgIpc) is 1.47. The number of amides is 10. The fraction of sp³-hybridized carbons (Fsp3) is 0.293. The van der Waals surface area contributed by atoms with Crippen molar-refractivity contribution < 1.29 is 121 Å². The summed E-state index contributed by atoms with van der Waals surface area (Å²) in [6.07, 6.45) is 0. The highest BCUT2D eigenvalue weighted by Gasteiger charge is 2.89. The standard InChI is InChI=1S/C22H20N4O10.C22H16N4O8.C22H20N4O4.C10H8O6.C6H6N2O2/c1-21(19(29)30)15(17(27)23-11-3-7-13(8-4-11)25(33)34)22(2,20(31)32)16(21)18(28)24-12-5-9-14(10-6-12)26(35)36;1-21-15(17(27)23(19(21)29)11-3-7-13(8-4-11)25(31)32)22(2)16(21)18(28)24(20(22)30)12-5-9-14(10-6-12)26(33)34;1-21-15(17(27)25(19(21)29)13-7-3-11(23)4-8-13)22(2)16(21)18(28)26(20(22)30)14-9-5-12(24)6-10-14;1-9-3(5(11)15-7(9)13)10(2)4(9)6(12)16-8(10)14;7-5-1-3-6(4-2-5)8(9)10/h3-10,15-16H,1-2H3,(H,23,27)(H,24,28)(H,29,30)(H,31,32);3-10,15-16H,1-2H3;3-10,15-16H,23-24H2,1-2H3;3-4H,1-2H3;1-4H,7H2. The number of carbonyl (C=O) groups excluding carboxylic acids is 14. The molecule has 0 aromatic heterocycles. The molecule has 6 saturated heterocycles. The van der Waals surface area contributed by atoms with Gasteiger partial charge in [0.25, 0.3) is 28.4 Å². The summed E-state index contributed by atoms with van der Waals surface area (Å²) < 4.78 is 9.02. The third-order valence-electron chi connectivity index (χ3n) is 26.0. The van der Waals surface area contributed by atoms with Crippen molar-refractivity contribution in [3.05, 3.63) is 220 Å². The smallest absolute Gasteiger partial charge is 0.321 e. The molecule has 10 N–H and O–H groups in total. The molecular formula is C82H70N14O30. The highest BCUT2D eigenvalue weighted by Crippen LogP contribution is 2.74. The molecule has 17 rings (SSSR count). The molecule has 7 aromatic carbocycles. The number of carbonyl (C=O) groups is 16. The van der Waals surface area contributed by atoms with E-state index in [2.05, 4.69) is 20.1 Å². The summed E-state index contributed by atoms with van der Waals surface area (Å²) in [5, 5.41) is 78.2. The van der Waals surface area contributed by atoms with Gasteiger partial charge < -0.3 is 47.5 Å². The number of nitrogens with two attached hydrogens (primary N) is 3. The maximum atomic E-state index is 13.4. The molecule has 648 valence electrons. The summed E-state index contributed by atoms with van der Waals surface area (Å²) in [7, 11) is 0. The molecule has 10 amide bonds. The van der Waals surface area contributed by atoms with Crippen LogP contribution in [0.2, 0.25) is 0 Å². The van der Waals surface area contributed by atoms with E-state index in [1.54, 1.807) is 62.4 Å². The number of nitro groups is 5. The Kier molecular flexibility index (Phi) is 20.9. The lowest BCUT2D eigenvalue weighted by Gasteiger charge is -2.59. The molecule has 7 aromatic rings. The number of benzene rings is 7. The van der Waals surface area contributed by atoms with Gasteiger partial charge >= 0.3 is 35.8 Å². The number of ether oxygens (including phenoxy) is 2. The quantitative estimate of drug-likeness (QED) is 0.0138. The molecule has 4 aliphatic carbocycles. The lowest BCUT2D eigenvalue weighted by Crippen LogP contribution is -2.74. The van der Waals surface area contributed by atoms with Crippen LogP contribution in [-0.4, -0.2) is 130 Å². The number of nitro benzene ring substituents is 5. The van der Waals surface area contributed by atoms with Crippen LogP contribution < -0.4 is 47.4 Å². The van der Waals surface area contributed by atoms with E-state index in [-0.39, 0.29) is 51.2 Å². The van der Waals surface area contributed by atoms with Gasteiger partial charge in [-0.05, 0) is 165 Å². The average molecular weight is 1730 g/mol. The second kappa shape index (κ2) is 30.1. The lowest BCUT2D eigenvalue weighted by molar-refractivity contribution is -0.385. The molecule has 10 fully saturated rings. The minimum absolute atomic E-state index is 0.0601. The number of hydrogen-bond donors (Lipinski definition) is 7. The van der Waals surface area contributed by atoms with Gasteiger partial charge in [-0.3, -0.25) is 127 Å². The van der Waals surface area contributed by atoms with Crippen LogP contribution >= 0.6 is 0 Å². The predicted octanol–water partition coefficient (Wildman–Crippen LogP) is 6.86. The van der Waals surface area contributed by atoms with Gasteiger partial charge in [-0.2, -0.15) is 0 Å². The fourth-order valence-electron chi connectivity index (χ4n) is 20.4. The lowest BCUT2D eigenvalue weighted by atomic mass is 9.39. The molecule has 0 unspecified atom stereocenters. The van der Waals surface area contributed by atoms with Crippen molar-refractivity contribution in [1.29, 1.82) is 0 Å². The number of fused-ring (bicyclic) bond motifs is 12. The van der Waals surface area contributed by atoms with Gasteiger partial charge in [-0.1, -0.05) is 0 Å². The number of esters is 4. The van der Waals surface area contributed by atoms with Crippen molar-refractivity contribution in [2.75, 3.05) is 47.4 Å². The topological polar surface area (TPSA) is 663 Å². The van der Waals surface area contributed by atoms with Crippen molar-refractivity contribution >= 4 is 175 Å². The first kappa shape index (κ1) is 87.5. The third-order valence-corrected chi connectivity index (χ3v) is 26.0. The van der Waals surface area contributed by atoms with Crippen molar-refractivity contribution in [2.24, 2.45) is 90.7 Å². The fourth-order valence-corrected chi connectivity index (χ4v) is 20.4. The molecule has 44 heteroatoms. The summed E-state index contributed by atoms with van der Waals surface area (Å²) in [6, 6.07) is 37.4. The van der Waals surface area contributed by atoms with E-state index in [0.29, 0.717) is 28.4 Å². The molecule has 0 bridgehead atoms. The number of imide groups is 4. The number of non-ortho nitro benzene ring substituents is 5. The van der Waals surface area contributed by atoms with Crippen molar-refractivity contribution in [3.8, 4) is 0 Å². The van der Waals surface area contributed by atoms with Crippen LogP contribution in [0.5, 0.6) is 0 Å². The first-order chi connectivity index (χ1) is 58.9. The summed E-state index contributed by atoms with van der Waals surface area (Å²) in [4.78, 5) is 258. The number of carboxylic acid groups (broad SMARTS) is 2. The Bertz CT molecular complexity index is 5690. The van der Waals surface area contributed by atoms with Crippen molar-refractivity contribution in [1.82, 2.24) is 0 Å². The van der Waals surface area contributed by atoms with Crippen LogP contribution in [0.4, 0.5) is 79.6 Å². The number of nitrogens with one attached hydrogen (secondary N) is 2. The van der Waals surface area contributed by atoms with E-state index >= 15 is 0 Å². The monoisotopic (exact) mass is 1730 g/mol. The Labute approximate surface area is 706 Å². The van der Waals surface area contributed by atoms with Crippen molar-refractivity contribution in [3.63, 3.8) is 0 Å². The van der Waals surface area contributed by atoms with Crippen LogP contribution in [-0.2, 0) is 86.2 Å². The van der Waals surface area contributed by atoms with Gasteiger partial charge in [0.1, 0.15) is 0 Å². The van der Waals surface area contributed by atoms with Crippen LogP contribution in [0.3, 0.4) is 0 Å². The molecule has 6 aliphatic heterocycles. The predicted molar refractivity (Wildman–Crippen MR) is 429 cm³/mol. The maximum Gasteiger partial charge on any atom is 0.321 e. The van der Waals surface area contributed by atoms with E-state index in [4.69, 9.17) is 17.2 Å². The maximum absolute atomic E-state index is 13.4. The summed E-state index contributed by atoms with van der Waals surface area (Å²) >= 11 is 0. The molecule has 4 saturated carbocycles. The van der Waals surface area contributed by atoms with Crippen LogP contribution in [0, 0.1) is 141 Å². The van der Waals surface area contributed by atoms with Crippen LogP contribution in [0.25, 0.3) is 0 Å². The minimum atomic E-state index is -2.15. The number of carboxylic acids is 2. The largest absolute Gasteiger partial charge is 0.481 e. The second-order valence-corrected chi connectivity index (χ2v) is 32.8. The second-order valence-electron chi connectivity index (χ2n) is 32.8. The van der Waals surface area contributed by atoms with Gasteiger partial charge in [0.05, 0.1) is 138 Å². The van der Waals surface area contributed by atoms with Crippen molar-refractivity contribution in [2.45, 2.75) is 55.4 Å². The number of aliphatic carboxylic acids is 2. The normalized spacial score (nSPS) is 29.7. The Hall–Kier alpha value is -16.3. The van der Waals surface area contributed by atoms with E-state index in [1.807, 2.05) is 0 Å². The number of rotatable bonds is 15. The van der Waals surface area contributed by atoms with Gasteiger partial charge in [-0.15, -0.1) is 0 Å². The van der Waals surface area contributed by atoms with Gasteiger partial charge in [0, 0.05) is 89.1 Å². The summed E-state index contributed by atoms with van der Waals surface area (Å²) in [5.74, 6) is -21.9. The molecular weight excluding hydrogens is 1660 g/mol. The van der Waals surface area contributed by atoms with E-state index in [9.17, 15) is 137 Å². The number of anilines is 9. The van der Waals surface area contributed by atoms with Crippen LogP contribution in [0.15, 0.2) is 170 Å². The third kappa shape index (κ3) is 12.4. The summed E-state index contributed by atoms with van der Waals surface area (Å²) in [5.41, 5.74) is 6.22. The number of nitrogen functional groups attached to an aromatic ring is 3. The SMILES string of the molecule is CC1(C(=O)O)C(C(=O)Nc2ccc([N+](=O)[O-])cc2)C(C)(C(=O)O)C1C(=O)Nc1ccc([N+](=O)[O-])cc1.CC12C(=O)N(c3ccc(N)cc3)C(=O)C1C1(C)C(=O)N(c3ccc(N)cc3)C(=O)C21.CC12C(=O)N(c3ccc([N+](=O)[O-])cc3)C(=O)C1C1(C)C(=O)N(c3ccc([N+](=O)[O-])cc3)C(=O)C21.CC12C(=O)OC(=O)C1C1(C)C(=O)OC(=O)C21.Nc1ccc([N+](=O)[O-])cc1. The van der Waals surface area contributed by atoms with Gasteiger partial charge in [-0.25, -0.2) is 19.6 Å². The molecule has 0 spiro atoms. The molecule has 10 aliphatic rings. The molecule has 0 radical (unpaired) electrons. The van der Waals surface area contributed by atoms with E-state index in [0.717, 1.165) is 82.0 Å². The zero-order valence-electron chi connectivity index (χ0n) is 66.9. The Balaban J connectivity index is 0.000000142. The highest BCUT2D eigenvalue weighted by atomic mass is 16.6. The highest BCUT2D eigenvalue weighted by molar-refractivity contribution is 6.36. The molecule has 44 nitrogen and oxygen atoms in total. The molecule has 126 heavy (non-hydrogen) atoms. The number of cyclic esters (lactones) is 4. The number of nitrogens with zero attached hydrogens (tertiary/aromatic N) is 9. The Morgan fingerprint density at radius 1 is 0.317 bits per heavy atom. The first-order valence-electron chi connectivity index (χ1n) is 37.7. The Morgan fingerprint density at radius 3 is 0.714 bits per heavy atom. The number of hydrogen-bond acceptors (Lipinski definition) is 31. The molecule has 6 heterocycles. The first-order valence-corrected chi connectivity index (χ1v) is 37.7.